The van der Waals surface area contributed by atoms with Gasteiger partial charge in [-0.3, -0.25) is 4.79 Å². The summed E-state index contributed by atoms with van der Waals surface area (Å²) >= 11 is 5.89. The number of carbonyl (C=O) groups excluding carboxylic acids is 1. The molecule has 6 nitrogen and oxygen atoms in total. The van der Waals surface area contributed by atoms with Gasteiger partial charge in [-0.1, -0.05) is 17.7 Å². The van der Waals surface area contributed by atoms with E-state index in [-0.39, 0.29) is 19.6 Å². The summed E-state index contributed by atoms with van der Waals surface area (Å²) in [5.41, 5.74) is 0.573. The highest BCUT2D eigenvalue weighted by molar-refractivity contribution is 6.30. The number of ether oxygens (including phenoxy) is 2. The Morgan fingerprint density at radius 2 is 2.23 bits per heavy atom. The van der Waals surface area contributed by atoms with E-state index in [0.717, 1.165) is 0 Å². The van der Waals surface area contributed by atoms with Gasteiger partial charge in [-0.05, 0) is 18.2 Å². The summed E-state index contributed by atoms with van der Waals surface area (Å²) in [4.78, 5) is 23.1. The standard InChI is InChI=1S/C15H18ClNO5/c1-3-6-22-9-12(15(19)20)17-14(18)8-10-7-11(16)4-5-13(10)21-2/h3-5,7,12H,1,6,8-9H2,2H3,(H,17,18)(H,19,20). The van der Waals surface area contributed by atoms with Crippen molar-refractivity contribution in [3.8, 4) is 5.75 Å². The second-order valence-corrected chi connectivity index (χ2v) is 4.85. The van der Waals surface area contributed by atoms with Gasteiger partial charge in [0.1, 0.15) is 5.75 Å². The van der Waals surface area contributed by atoms with Crippen LogP contribution in [0.1, 0.15) is 5.56 Å². The molecule has 0 saturated carbocycles. The van der Waals surface area contributed by atoms with Crippen LogP contribution in [0.2, 0.25) is 5.02 Å². The van der Waals surface area contributed by atoms with Gasteiger partial charge in [0, 0.05) is 10.6 Å². The summed E-state index contributed by atoms with van der Waals surface area (Å²) < 4.78 is 10.2. The van der Waals surface area contributed by atoms with Gasteiger partial charge in [-0.2, -0.15) is 0 Å². The van der Waals surface area contributed by atoms with Gasteiger partial charge in [0.15, 0.2) is 6.04 Å². The number of hydrogen-bond donors (Lipinski definition) is 2. The lowest BCUT2D eigenvalue weighted by Gasteiger charge is -2.15. The van der Waals surface area contributed by atoms with Gasteiger partial charge in [0.2, 0.25) is 5.91 Å². The molecule has 1 unspecified atom stereocenters. The number of carboxylic acids is 1. The second kappa shape index (κ2) is 9.07. The summed E-state index contributed by atoms with van der Waals surface area (Å²) in [7, 11) is 1.48. The van der Waals surface area contributed by atoms with Crippen LogP contribution in [0.25, 0.3) is 0 Å². The molecule has 2 N–H and O–H groups in total. The first kappa shape index (κ1) is 18.0. The van der Waals surface area contributed by atoms with Crippen molar-refractivity contribution in [1.29, 1.82) is 0 Å². The van der Waals surface area contributed by atoms with Gasteiger partial charge in [-0.15, -0.1) is 6.58 Å². The molecule has 1 aromatic carbocycles. The normalized spacial score (nSPS) is 11.5. The maximum atomic E-state index is 12.0. The molecule has 0 heterocycles. The van der Waals surface area contributed by atoms with E-state index in [2.05, 4.69) is 11.9 Å². The number of benzene rings is 1. The van der Waals surface area contributed by atoms with E-state index in [1.54, 1.807) is 18.2 Å². The molecule has 0 saturated heterocycles. The average molecular weight is 328 g/mol. The minimum atomic E-state index is -1.17. The van der Waals surface area contributed by atoms with Crippen molar-refractivity contribution in [3.63, 3.8) is 0 Å². The van der Waals surface area contributed by atoms with Gasteiger partial charge in [0.25, 0.3) is 0 Å². The van der Waals surface area contributed by atoms with Crippen molar-refractivity contribution in [1.82, 2.24) is 5.32 Å². The minimum Gasteiger partial charge on any atom is -0.496 e. The van der Waals surface area contributed by atoms with Crippen molar-refractivity contribution in [2.45, 2.75) is 12.5 Å². The van der Waals surface area contributed by atoms with Crippen LogP contribution < -0.4 is 10.1 Å². The van der Waals surface area contributed by atoms with Crippen LogP contribution in [0.3, 0.4) is 0 Å². The van der Waals surface area contributed by atoms with E-state index in [9.17, 15) is 9.59 Å². The fraction of sp³-hybridized carbons (Fsp3) is 0.333. The number of halogens is 1. The Bertz CT molecular complexity index is 547. The summed E-state index contributed by atoms with van der Waals surface area (Å²) in [5.74, 6) is -1.13. The zero-order valence-electron chi connectivity index (χ0n) is 12.2. The first-order valence-corrected chi connectivity index (χ1v) is 6.89. The van der Waals surface area contributed by atoms with Crippen LogP contribution in [0.4, 0.5) is 0 Å². The monoisotopic (exact) mass is 327 g/mol. The summed E-state index contributed by atoms with van der Waals surface area (Å²) in [6.07, 6.45) is 1.45. The molecular formula is C15H18ClNO5. The summed E-state index contributed by atoms with van der Waals surface area (Å²) in [6, 6.07) is 3.76. The van der Waals surface area contributed by atoms with Gasteiger partial charge in [0.05, 0.1) is 26.7 Å². The highest BCUT2D eigenvalue weighted by Crippen LogP contribution is 2.23. The third kappa shape index (κ3) is 5.75. The molecule has 1 aromatic rings. The smallest absolute Gasteiger partial charge is 0.328 e. The lowest BCUT2D eigenvalue weighted by Crippen LogP contribution is -2.44. The molecule has 0 aliphatic heterocycles. The highest BCUT2D eigenvalue weighted by Gasteiger charge is 2.20. The number of carbonyl (C=O) groups is 2. The number of aliphatic carboxylic acids is 1. The molecule has 0 aromatic heterocycles. The Morgan fingerprint density at radius 3 is 2.82 bits per heavy atom. The van der Waals surface area contributed by atoms with Crippen molar-refractivity contribution < 1.29 is 24.2 Å². The SMILES string of the molecule is C=CCOCC(NC(=O)Cc1cc(Cl)ccc1OC)C(=O)O. The van der Waals surface area contributed by atoms with E-state index in [0.29, 0.717) is 16.3 Å². The molecular weight excluding hydrogens is 310 g/mol. The molecule has 1 atom stereocenters. The minimum absolute atomic E-state index is 0.0467. The third-order valence-corrected chi connectivity index (χ3v) is 2.98. The quantitative estimate of drug-likeness (QED) is 0.532. The fourth-order valence-electron chi connectivity index (χ4n) is 1.75. The topological polar surface area (TPSA) is 84.9 Å². The van der Waals surface area contributed by atoms with E-state index in [4.69, 9.17) is 26.2 Å². The Hall–Kier alpha value is -2.05. The van der Waals surface area contributed by atoms with Crippen molar-refractivity contribution >= 4 is 23.5 Å². The number of nitrogens with one attached hydrogen (secondary N) is 1. The first-order valence-electron chi connectivity index (χ1n) is 6.51. The fourth-order valence-corrected chi connectivity index (χ4v) is 1.94. The largest absolute Gasteiger partial charge is 0.496 e. The second-order valence-electron chi connectivity index (χ2n) is 4.42. The summed E-state index contributed by atoms with van der Waals surface area (Å²) in [5, 5.41) is 11.9. The Labute approximate surface area is 133 Å². The van der Waals surface area contributed by atoms with Crippen molar-refractivity contribution in [2.75, 3.05) is 20.3 Å². The number of hydrogen-bond acceptors (Lipinski definition) is 4. The number of amides is 1. The molecule has 1 amide bonds. The zero-order valence-corrected chi connectivity index (χ0v) is 12.9. The number of rotatable bonds is 9. The Balaban J connectivity index is 2.69. The van der Waals surface area contributed by atoms with E-state index in [1.807, 2.05) is 0 Å². The number of methoxy groups -OCH3 is 1. The van der Waals surface area contributed by atoms with Crippen LogP contribution in [-0.2, 0) is 20.7 Å². The molecule has 7 heteroatoms. The average Bonchev–Trinajstić information content (AvgIpc) is 2.46. The van der Waals surface area contributed by atoms with E-state index < -0.39 is 17.9 Å². The summed E-state index contributed by atoms with van der Waals surface area (Å²) in [6.45, 7) is 3.53. The molecule has 1 rings (SSSR count). The maximum absolute atomic E-state index is 12.0. The Kier molecular flexibility index (Phi) is 7.42. The molecule has 0 aliphatic rings. The van der Waals surface area contributed by atoms with Gasteiger partial charge < -0.3 is 19.9 Å². The molecule has 0 radical (unpaired) electrons. The lowest BCUT2D eigenvalue weighted by atomic mass is 10.1. The molecule has 0 spiro atoms. The maximum Gasteiger partial charge on any atom is 0.328 e. The van der Waals surface area contributed by atoms with E-state index in [1.165, 1.54) is 13.2 Å². The van der Waals surface area contributed by atoms with Crippen molar-refractivity contribution in [2.24, 2.45) is 0 Å². The first-order chi connectivity index (χ1) is 10.5. The van der Waals surface area contributed by atoms with Crippen molar-refractivity contribution in [3.05, 3.63) is 41.4 Å². The highest BCUT2D eigenvalue weighted by atomic mass is 35.5. The molecule has 22 heavy (non-hydrogen) atoms. The zero-order chi connectivity index (χ0) is 16.5. The molecule has 0 bridgehead atoms. The third-order valence-electron chi connectivity index (χ3n) is 2.75. The Morgan fingerprint density at radius 1 is 1.50 bits per heavy atom. The van der Waals surface area contributed by atoms with Crippen LogP contribution in [0.5, 0.6) is 5.75 Å². The van der Waals surface area contributed by atoms with E-state index >= 15 is 0 Å². The molecule has 0 aliphatic carbocycles. The predicted octanol–water partition coefficient (Wildman–Crippen LogP) is 1.66. The predicted molar refractivity (Wildman–Crippen MR) is 82.3 cm³/mol. The molecule has 120 valence electrons. The van der Waals surface area contributed by atoms with Gasteiger partial charge in [-0.25, -0.2) is 4.79 Å². The van der Waals surface area contributed by atoms with Crippen LogP contribution >= 0.6 is 11.6 Å². The van der Waals surface area contributed by atoms with Crippen LogP contribution in [-0.4, -0.2) is 43.3 Å². The lowest BCUT2D eigenvalue weighted by molar-refractivity contribution is -0.143. The van der Waals surface area contributed by atoms with Gasteiger partial charge >= 0.3 is 5.97 Å². The number of carboxylic acid groups (broad SMARTS) is 1. The molecule has 0 fully saturated rings. The van der Waals surface area contributed by atoms with Crippen LogP contribution in [0, 0.1) is 0 Å². The van der Waals surface area contributed by atoms with Crippen LogP contribution in [0.15, 0.2) is 30.9 Å².